The van der Waals surface area contributed by atoms with Crippen LogP contribution >= 0.6 is 22.9 Å². The number of hydrogen-bond donors (Lipinski definition) is 1. The number of halogens is 1. The first-order valence-corrected chi connectivity index (χ1v) is 6.80. The SMILES string of the molecule is CCCn1ncnc1CNCc1ccc(Cl)s1. The van der Waals surface area contributed by atoms with Crippen molar-refractivity contribution < 1.29 is 0 Å². The Bertz CT molecular complexity index is 465. The van der Waals surface area contributed by atoms with Crippen molar-refractivity contribution in [3.05, 3.63) is 33.5 Å². The molecule has 0 spiro atoms. The number of aromatic nitrogens is 3. The Labute approximate surface area is 110 Å². The Balaban J connectivity index is 1.83. The lowest BCUT2D eigenvalue weighted by molar-refractivity contribution is 0.543. The molecule has 4 nitrogen and oxygen atoms in total. The number of hydrogen-bond acceptors (Lipinski definition) is 4. The van der Waals surface area contributed by atoms with Crippen molar-refractivity contribution in [1.82, 2.24) is 20.1 Å². The summed E-state index contributed by atoms with van der Waals surface area (Å²) >= 11 is 7.47. The molecular weight excluding hydrogens is 256 g/mol. The molecule has 2 rings (SSSR count). The summed E-state index contributed by atoms with van der Waals surface area (Å²) in [5.41, 5.74) is 0. The topological polar surface area (TPSA) is 42.7 Å². The smallest absolute Gasteiger partial charge is 0.140 e. The number of thiophene rings is 1. The third-order valence-corrected chi connectivity index (χ3v) is 3.57. The fourth-order valence-corrected chi connectivity index (χ4v) is 2.62. The molecule has 0 amide bonds. The summed E-state index contributed by atoms with van der Waals surface area (Å²) in [6.45, 7) is 4.60. The van der Waals surface area contributed by atoms with E-state index in [0.29, 0.717) is 0 Å². The van der Waals surface area contributed by atoms with Gasteiger partial charge in [-0.3, -0.25) is 0 Å². The summed E-state index contributed by atoms with van der Waals surface area (Å²) in [6.07, 6.45) is 2.67. The van der Waals surface area contributed by atoms with Crippen LogP contribution in [0.1, 0.15) is 24.0 Å². The van der Waals surface area contributed by atoms with Crippen LogP contribution in [0.2, 0.25) is 4.34 Å². The molecule has 92 valence electrons. The second-order valence-electron chi connectivity index (χ2n) is 3.71. The zero-order valence-corrected chi connectivity index (χ0v) is 11.3. The molecule has 2 heterocycles. The van der Waals surface area contributed by atoms with Gasteiger partial charge >= 0.3 is 0 Å². The van der Waals surface area contributed by atoms with E-state index in [2.05, 4.69) is 22.3 Å². The lowest BCUT2D eigenvalue weighted by Crippen LogP contribution is -2.16. The number of nitrogens with zero attached hydrogens (tertiary/aromatic N) is 3. The fourth-order valence-electron chi connectivity index (χ4n) is 1.57. The van der Waals surface area contributed by atoms with E-state index in [1.54, 1.807) is 17.7 Å². The molecule has 0 saturated carbocycles. The molecule has 6 heteroatoms. The van der Waals surface area contributed by atoms with E-state index < -0.39 is 0 Å². The van der Waals surface area contributed by atoms with Crippen LogP contribution in [0.3, 0.4) is 0 Å². The van der Waals surface area contributed by atoms with Gasteiger partial charge in [0, 0.05) is 18.0 Å². The zero-order valence-electron chi connectivity index (χ0n) is 9.69. The summed E-state index contributed by atoms with van der Waals surface area (Å²) in [5.74, 6) is 0.981. The number of aryl methyl sites for hydroxylation is 1. The highest BCUT2D eigenvalue weighted by atomic mass is 35.5. The normalized spacial score (nSPS) is 10.9. The van der Waals surface area contributed by atoms with Crippen LogP contribution in [0.5, 0.6) is 0 Å². The first-order valence-electron chi connectivity index (χ1n) is 5.61. The van der Waals surface area contributed by atoms with Gasteiger partial charge in [0.25, 0.3) is 0 Å². The Hall–Kier alpha value is -0.910. The molecule has 0 atom stereocenters. The summed E-state index contributed by atoms with van der Waals surface area (Å²) in [7, 11) is 0. The molecule has 0 aliphatic rings. The van der Waals surface area contributed by atoms with Crippen LogP contribution in [0.15, 0.2) is 18.5 Å². The van der Waals surface area contributed by atoms with E-state index in [9.17, 15) is 0 Å². The van der Waals surface area contributed by atoms with Crippen LogP contribution in [-0.4, -0.2) is 14.8 Å². The molecule has 2 aromatic rings. The van der Waals surface area contributed by atoms with Gasteiger partial charge in [0.05, 0.1) is 10.9 Å². The highest BCUT2D eigenvalue weighted by Crippen LogP contribution is 2.20. The first-order chi connectivity index (χ1) is 8.29. The molecule has 0 radical (unpaired) electrons. The van der Waals surface area contributed by atoms with Gasteiger partial charge in [0.2, 0.25) is 0 Å². The predicted octanol–water partition coefficient (Wildman–Crippen LogP) is 2.69. The Morgan fingerprint density at radius 2 is 2.29 bits per heavy atom. The van der Waals surface area contributed by atoms with Gasteiger partial charge in [0.1, 0.15) is 12.2 Å². The highest BCUT2D eigenvalue weighted by Gasteiger charge is 2.03. The van der Waals surface area contributed by atoms with Crippen molar-refractivity contribution >= 4 is 22.9 Å². The fraction of sp³-hybridized carbons (Fsp3) is 0.455. The molecule has 0 fully saturated rings. The van der Waals surface area contributed by atoms with Crippen molar-refractivity contribution in [2.24, 2.45) is 0 Å². The van der Waals surface area contributed by atoms with Crippen molar-refractivity contribution in [2.75, 3.05) is 0 Å². The van der Waals surface area contributed by atoms with E-state index in [4.69, 9.17) is 11.6 Å². The monoisotopic (exact) mass is 270 g/mol. The van der Waals surface area contributed by atoms with Crippen LogP contribution < -0.4 is 5.32 Å². The Kier molecular flexibility index (Phi) is 4.53. The Morgan fingerprint density at radius 1 is 1.41 bits per heavy atom. The predicted molar refractivity (Wildman–Crippen MR) is 70.2 cm³/mol. The van der Waals surface area contributed by atoms with Gasteiger partial charge in [-0.25, -0.2) is 9.67 Å². The van der Waals surface area contributed by atoms with E-state index in [1.165, 1.54) is 4.88 Å². The average molecular weight is 271 g/mol. The second kappa shape index (κ2) is 6.14. The summed E-state index contributed by atoms with van der Waals surface area (Å²) in [4.78, 5) is 5.47. The van der Waals surface area contributed by atoms with Gasteiger partial charge in [0.15, 0.2) is 0 Å². The highest BCUT2D eigenvalue weighted by molar-refractivity contribution is 7.16. The van der Waals surface area contributed by atoms with Crippen molar-refractivity contribution in [3.63, 3.8) is 0 Å². The van der Waals surface area contributed by atoms with Crippen LogP contribution in [-0.2, 0) is 19.6 Å². The largest absolute Gasteiger partial charge is 0.305 e. The van der Waals surface area contributed by atoms with Gasteiger partial charge in [-0.1, -0.05) is 18.5 Å². The molecule has 0 unspecified atom stereocenters. The van der Waals surface area contributed by atoms with E-state index in [0.717, 1.165) is 36.2 Å². The van der Waals surface area contributed by atoms with Gasteiger partial charge in [-0.2, -0.15) is 5.10 Å². The Morgan fingerprint density at radius 3 is 3.00 bits per heavy atom. The number of nitrogens with one attached hydrogen (secondary N) is 1. The minimum absolute atomic E-state index is 0.732. The van der Waals surface area contributed by atoms with E-state index in [1.807, 2.05) is 16.8 Å². The van der Waals surface area contributed by atoms with Gasteiger partial charge in [-0.05, 0) is 18.6 Å². The van der Waals surface area contributed by atoms with Gasteiger partial charge < -0.3 is 5.32 Å². The molecule has 0 aliphatic carbocycles. The maximum Gasteiger partial charge on any atom is 0.140 e. The third kappa shape index (κ3) is 3.52. The minimum Gasteiger partial charge on any atom is -0.305 e. The first kappa shape index (κ1) is 12.5. The summed E-state index contributed by atoms with van der Waals surface area (Å²) in [5, 5.41) is 7.53. The molecule has 0 aliphatic heterocycles. The molecule has 0 bridgehead atoms. The molecular formula is C11H15ClN4S. The molecule has 2 aromatic heterocycles. The second-order valence-corrected chi connectivity index (χ2v) is 5.51. The minimum atomic E-state index is 0.732. The molecule has 17 heavy (non-hydrogen) atoms. The van der Waals surface area contributed by atoms with Crippen molar-refractivity contribution in [2.45, 2.75) is 33.0 Å². The number of rotatable bonds is 6. The maximum absolute atomic E-state index is 5.87. The zero-order chi connectivity index (χ0) is 12.1. The molecule has 0 saturated heterocycles. The maximum atomic E-state index is 5.87. The van der Waals surface area contributed by atoms with Crippen LogP contribution in [0, 0.1) is 0 Å². The molecule has 0 aromatic carbocycles. The van der Waals surface area contributed by atoms with E-state index in [-0.39, 0.29) is 0 Å². The van der Waals surface area contributed by atoms with Crippen LogP contribution in [0.4, 0.5) is 0 Å². The summed E-state index contributed by atoms with van der Waals surface area (Å²) < 4.78 is 2.77. The average Bonchev–Trinajstić information content (AvgIpc) is 2.90. The van der Waals surface area contributed by atoms with Gasteiger partial charge in [-0.15, -0.1) is 11.3 Å². The van der Waals surface area contributed by atoms with E-state index >= 15 is 0 Å². The quantitative estimate of drug-likeness (QED) is 0.878. The standard InChI is InChI=1S/C11H15ClN4S/c1-2-5-16-11(14-8-15-16)7-13-6-9-3-4-10(12)17-9/h3-4,8,13H,2,5-7H2,1H3. The summed E-state index contributed by atoms with van der Waals surface area (Å²) in [6, 6.07) is 3.96. The van der Waals surface area contributed by atoms with Crippen LogP contribution in [0.25, 0.3) is 0 Å². The lowest BCUT2D eigenvalue weighted by atomic mass is 10.4. The third-order valence-electron chi connectivity index (χ3n) is 2.34. The van der Waals surface area contributed by atoms with Crippen molar-refractivity contribution in [1.29, 1.82) is 0 Å². The lowest BCUT2D eigenvalue weighted by Gasteiger charge is -2.05. The molecule has 1 N–H and O–H groups in total. The van der Waals surface area contributed by atoms with Crippen molar-refractivity contribution in [3.8, 4) is 0 Å².